The van der Waals surface area contributed by atoms with Crippen LogP contribution in [0.2, 0.25) is 5.15 Å². The van der Waals surface area contributed by atoms with Gasteiger partial charge in [0.2, 0.25) is 0 Å². The molecule has 7 N–H and O–H groups in total. The van der Waals surface area contributed by atoms with Crippen LogP contribution in [-0.4, -0.2) is 28.4 Å². The Labute approximate surface area is 163 Å². The molecular formula is C18H24ClN7O. The molecule has 0 aliphatic carbocycles. The Bertz CT molecular complexity index is 808. The number of nitrogens with one attached hydrogen (secondary N) is 3. The normalized spacial score (nSPS) is 10.4. The molecule has 0 aliphatic rings. The van der Waals surface area contributed by atoms with Gasteiger partial charge in [0.25, 0.3) is 5.91 Å². The Morgan fingerprint density at radius 1 is 1.11 bits per heavy atom. The van der Waals surface area contributed by atoms with E-state index in [2.05, 4.69) is 51.8 Å². The average Bonchev–Trinajstić information content (AvgIpc) is 2.62. The number of anilines is 2. The van der Waals surface area contributed by atoms with Gasteiger partial charge in [-0.15, -0.1) is 0 Å². The number of nitrogens with two attached hydrogens (primary N) is 2. The Morgan fingerprint density at radius 3 is 2.52 bits per heavy atom. The van der Waals surface area contributed by atoms with Gasteiger partial charge in [-0.3, -0.25) is 15.5 Å². The number of nitrogens with zero attached hydrogens (tertiary/aromatic N) is 2. The van der Waals surface area contributed by atoms with Crippen molar-refractivity contribution in [3.63, 3.8) is 0 Å². The third-order valence-corrected chi connectivity index (χ3v) is 4.20. The van der Waals surface area contributed by atoms with Crippen LogP contribution in [0.4, 0.5) is 11.6 Å². The lowest BCUT2D eigenvalue weighted by Crippen LogP contribution is -2.41. The largest absolute Gasteiger partial charge is 0.382 e. The molecule has 0 atom stereocenters. The van der Waals surface area contributed by atoms with Crippen LogP contribution in [0.1, 0.15) is 40.9 Å². The second-order valence-electron chi connectivity index (χ2n) is 6.19. The van der Waals surface area contributed by atoms with Crippen LogP contribution in [-0.2, 0) is 6.42 Å². The van der Waals surface area contributed by atoms with Gasteiger partial charge < -0.3 is 16.8 Å². The minimum absolute atomic E-state index is 0.0513. The summed E-state index contributed by atoms with van der Waals surface area (Å²) in [6.07, 6.45) is 4.01. The number of aryl methyl sites for hydroxylation is 2. The van der Waals surface area contributed by atoms with Crippen molar-refractivity contribution in [3.05, 3.63) is 46.2 Å². The lowest BCUT2D eigenvalue weighted by atomic mass is 10.1. The molecule has 0 radical (unpaired) electrons. The minimum Gasteiger partial charge on any atom is -0.382 e. The van der Waals surface area contributed by atoms with E-state index >= 15 is 0 Å². The van der Waals surface area contributed by atoms with Crippen molar-refractivity contribution in [2.75, 3.05) is 18.0 Å². The molecular weight excluding hydrogens is 366 g/mol. The third kappa shape index (κ3) is 6.41. The van der Waals surface area contributed by atoms with E-state index in [0.717, 1.165) is 25.7 Å². The van der Waals surface area contributed by atoms with Crippen LogP contribution >= 0.6 is 11.6 Å². The van der Waals surface area contributed by atoms with Gasteiger partial charge in [-0.05, 0) is 31.7 Å². The summed E-state index contributed by atoms with van der Waals surface area (Å²) in [6, 6.07) is 8.53. The van der Waals surface area contributed by atoms with Crippen molar-refractivity contribution in [2.24, 2.45) is 0 Å². The molecule has 8 nitrogen and oxygen atoms in total. The summed E-state index contributed by atoms with van der Waals surface area (Å²) >= 11 is 5.75. The first kappa shape index (κ1) is 20.4. The van der Waals surface area contributed by atoms with Crippen molar-refractivity contribution in [1.29, 1.82) is 5.41 Å². The number of carbonyl (C=O) groups is 1. The number of amides is 1. The van der Waals surface area contributed by atoms with Crippen molar-refractivity contribution < 1.29 is 4.79 Å². The van der Waals surface area contributed by atoms with Crippen molar-refractivity contribution >= 4 is 35.1 Å². The smallest absolute Gasteiger partial charge is 0.280 e. The maximum absolute atomic E-state index is 12.1. The molecule has 1 heterocycles. The molecule has 0 saturated carbocycles. The fourth-order valence-electron chi connectivity index (χ4n) is 2.42. The SMILES string of the molecule is Cc1ccc(CCCCCNC(=N)NC(=O)c2nc(Cl)c(N)nc2N)cc1. The first-order chi connectivity index (χ1) is 12.9. The molecule has 0 saturated heterocycles. The second kappa shape index (κ2) is 9.72. The monoisotopic (exact) mass is 389 g/mol. The summed E-state index contributed by atoms with van der Waals surface area (Å²) in [6.45, 7) is 2.66. The first-order valence-corrected chi connectivity index (χ1v) is 9.02. The van der Waals surface area contributed by atoms with Gasteiger partial charge in [-0.25, -0.2) is 9.97 Å². The highest BCUT2D eigenvalue weighted by atomic mass is 35.5. The summed E-state index contributed by atoms with van der Waals surface area (Å²) < 4.78 is 0. The van der Waals surface area contributed by atoms with Gasteiger partial charge >= 0.3 is 0 Å². The molecule has 0 bridgehead atoms. The highest BCUT2D eigenvalue weighted by molar-refractivity contribution is 6.31. The van der Waals surface area contributed by atoms with E-state index in [1.54, 1.807) is 0 Å². The van der Waals surface area contributed by atoms with Crippen LogP contribution in [0.3, 0.4) is 0 Å². The lowest BCUT2D eigenvalue weighted by molar-refractivity contribution is 0.0971. The summed E-state index contributed by atoms with van der Waals surface area (Å²) in [4.78, 5) is 19.6. The van der Waals surface area contributed by atoms with E-state index in [-0.39, 0.29) is 28.4 Å². The maximum Gasteiger partial charge on any atom is 0.280 e. The fraction of sp³-hybridized carbons (Fsp3) is 0.333. The zero-order valence-electron chi connectivity index (χ0n) is 15.2. The summed E-state index contributed by atoms with van der Waals surface area (Å²) in [7, 11) is 0. The standard InChI is InChI=1S/C18H24ClN7O/c1-11-6-8-12(9-7-11)5-3-2-4-10-23-18(22)26-17(27)13-15(20)25-16(21)14(19)24-13/h6-9H,2-5,10H2,1H3,(H4,20,21,25)(H3,22,23,26,27). The zero-order chi connectivity index (χ0) is 19.8. The van der Waals surface area contributed by atoms with E-state index in [1.165, 1.54) is 11.1 Å². The first-order valence-electron chi connectivity index (χ1n) is 8.64. The average molecular weight is 390 g/mol. The number of aromatic nitrogens is 2. The van der Waals surface area contributed by atoms with Crippen LogP contribution in [0, 0.1) is 12.3 Å². The van der Waals surface area contributed by atoms with Gasteiger partial charge in [0.05, 0.1) is 0 Å². The molecule has 0 unspecified atom stereocenters. The molecule has 1 aromatic heterocycles. The van der Waals surface area contributed by atoms with Gasteiger partial charge in [-0.1, -0.05) is 47.9 Å². The quantitative estimate of drug-likeness (QED) is 0.279. The number of guanidine groups is 1. The second-order valence-corrected chi connectivity index (χ2v) is 6.54. The summed E-state index contributed by atoms with van der Waals surface area (Å²) in [5, 5.41) is 12.9. The molecule has 27 heavy (non-hydrogen) atoms. The van der Waals surface area contributed by atoms with Crippen LogP contribution in [0.25, 0.3) is 0 Å². The lowest BCUT2D eigenvalue weighted by Gasteiger charge is -2.10. The zero-order valence-corrected chi connectivity index (χ0v) is 15.9. The molecule has 1 amide bonds. The van der Waals surface area contributed by atoms with E-state index < -0.39 is 5.91 Å². The van der Waals surface area contributed by atoms with Crippen LogP contribution in [0.5, 0.6) is 0 Å². The highest BCUT2D eigenvalue weighted by Gasteiger charge is 2.16. The molecule has 1 aromatic carbocycles. The van der Waals surface area contributed by atoms with Crippen molar-refractivity contribution in [1.82, 2.24) is 20.6 Å². The third-order valence-electron chi connectivity index (χ3n) is 3.92. The predicted octanol–water partition coefficient (Wildman–Crippen LogP) is 2.27. The molecule has 2 aromatic rings. The van der Waals surface area contributed by atoms with Gasteiger partial charge in [0.1, 0.15) is 0 Å². The van der Waals surface area contributed by atoms with Gasteiger partial charge in [-0.2, -0.15) is 0 Å². The van der Waals surface area contributed by atoms with E-state index in [1.807, 2.05) is 0 Å². The molecule has 0 aliphatic heterocycles. The number of unbranched alkanes of at least 4 members (excludes halogenated alkanes) is 2. The Hall–Kier alpha value is -2.87. The summed E-state index contributed by atoms with van der Waals surface area (Å²) in [5.74, 6) is -0.991. The Kier molecular flexibility index (Phi) is 7.36. The van der Waals surface area contributed by atoms with Crippen LogP contribution < -0.4 is 22.1 Å². The predicted molar refractivity (Wildman–Crippen MR) is 108 cm³/mol. The number of hydrogen-bond donors (Lipinski definition) is 5. The van der Waals surface area contributed by atoms with Crippen molar-refractivity contribution in [2.45, 2.75) is 32.6 Å². The van der Waals surface area contributed by atoms with Crippen LogP contribution in [0.15, 0.2) is 24.3 Å². The highest BCUT2D eigenvalue weighted by Crippen LogP contribution is 2.17. The van der Waals surface area contributed by atoms with Gasteiger partial charge in [0.15, 0.2) is 28.4 Å². The topological polar surface area (TPSA) is 143 Å². The molecule has 144 valence electrons. The number of rotatable bonds is 7. The van der Waals surface area contributed by atoms with E-state index in [4.69, 9.17) is 28.5 Å². The minimum atomic E-state index is -0.668. The van der Waals surface area contributed by atoms with E-state index in [0.29, 0.717) is 6.54 Å². The number of nitrogen functional groups attached to an aromatic ring is 2. The molecule has 2 rings (SSSR count). The molecule has 0 fully saturated rings. The van der Waals surface area contributed by atoms with Gasteiger partial charge in [0, 0.05) is 6.54 Å². The Balaban J connectivity index is 1.66. The fourth-order valence-corrected chi connectivity index (χ4v) is 2.55. The molecule has 9 heteroatoms. The van der Waals surface area contributed by atoms with E-state index in [9.17, 15) is 4.79 Å². The number of halogens is 1. The summed E-state index contributed by atoms with van der Waals surface area (Å²) in [5.41, 5.74) is 13.5. The number of benzene rings is 1. The number of hydrogen-bond acceptors (Lipinski definition) is 6. The number of carbonyl (C=O) groups excluding carboxylic acids is 1. The molecule has 0 spiro atoms. The Morgan fingerprint density at radius 2 is 1.81 bits per heavy atom. The van der Waals surface area contributed by atoms with Crippen molar-refractivity contribution in [3.8, 4) is 0 Å². The maximum atomic E-state index is 12.1.